The summed E-state index contributed by atoms with van der Waals surface area (Å²) >= 11 is 0. The van der Waals surface area contributed by atoms with Crippen molar-refractivity contribution in [1.29, 1.82) is 0 Å². The molecule has 1 aliphatic heterocycles. The van der Waals surface area contributed by atoms with Crippen molar-refractivity contribution in [2.45, 2.75) is 24.7 Å². The van der Waals surface area contributed by atoms with Crippen LogP contribution in [0.4, 0.5) is 5.82 Å². The molecule has 0 atom stereocenters. The van der Waals surface area contributed by atoms with Crippen molar-refractivity contribution in [2.75, 3.05) is 38.8 Å². The Morgan fingerprint density at radius 2 is 1.82 bits per heavy atom. The van der Waals surface area contributed by atoms with Gasteiger partial charge in [0.1, 0.15) is 11.6 Å². The fourth-order valence-electron chi connectivity index (χ4n) is 4.69. The molecule has 0 bridgehead atoms. The van der Waals surface area contributed by atoms with Crippen LogP contribution < -0.4 is 10.1 Å². The number of nitrogens with zero attached hydrogens (tertiary/aromatic N) is 3. The van der Waals surface area contributed by atoms with Gasteiger partial charge in [0.05, 0.1) is 13.3 Å². The van der Waals surface area contributed by atoms with Gasteiger partial charge >= 0.3 is 0 Å². The molecule has 0 radical (unpaired) electrons. The van der Waals surface area contributed by atoms with E-state index in [1.165, 1.54) is 5.56 Å². The number of hydrogen-bond donors (Lipinski definition) is 2. The maximum Gasteiger partial charge on any atom is 0.165 e. The Kier molecular flexibility index (Phi) is 6.47. The van der Waals surface area contributed by atoms with E-state index < -0.39 is 0 Å². The van der Waals surface area contributed by atoms with Crippen LogP contribution in [0.15, 0.2) is 67.0 Å². The number of nitrogens with one attached hydrogen (secondary N) is 1. The van der Waals surface area contributed by atoms with Crippen LogP contribution in [0, 0.1) is 0 Å². The molecule has 34 heavy (non-hydrogen) atoms. The molecule has 7 nitrogen and oxygen atoms in total. The van der Waals surface area contributed by atoms with Gasteiger partial charge in [-0.15, -0.1) is 0 Å². The Hall–Kier alpha value is -3.42. The van der Waals surface area contributed by atoms with Gasteiger partial charge in [0.15, 0.2) is 5.65 Å². The molecular weight excluding hydrogens is 428 g/mol. The SMILES string of the molecule is COc1ccc(C2(CNc3ccn4ncc(-c5ccc(CCO)cc5)c4n3)CCOCC2)cc1. The second kappa shape index (κ2) is 9.83. The second-order valence-corrected chi connectivity index (χ2v) is 8.78. The highest BCUT2D eigenvalue weighted by molar-refractivity contribution is 5.77. The van der Waals surface area contributed by atoms with Gasteiger partial charge in [-0.2, -0.15) is 5.10 Å². The van der Waals surface area contributed by atoms with Gasteiger partial charge in [-0.1, -0.05) is 36.4 Å². The molecule has 2 N–H and O–H groups in total. The molecule has 1 saturated heterocycles. The van der Waals surface area contributed by atoms with Crippen molar-refractivity contribution in [1.82, 2.24) is 14.6 Å². The number of hydrogen-bond acceptors (Lipinski definition) is 6. The van der Waals surface area contributed by atoms with Crippen LogP contribution in [0.3, 0.4) is 0 Å². The van der Waals surface area contributed by atoms with Crippen LogP contribution in [-0.2, 0) is 16.6 Å². The summed E-state index contributed by atoms with van der Waals surface area (Å²) in [6.45, 7) is 2.42. The molecule has 0 saturated carbocycles. The average molecular weight is 459 g/mol. The minimum absolute atomic E-state index is 0.0239. The lowest BCUT2D eigenvalue weighted by molar-refractivity contribution is 0.0543. The molecule has 176 valence electrons. The van der Waals surface area contributed by atoms with Crippen LogP contribution >= 0.6 is 0 Å². The number of ether oxygens (including phenoxy) is 2. The summed E-state index contributed by atoms with van der Waals surface area (Å²) in [4.78, 5) is 4.90. The lowest BCUT2D eigenvalue weighted by Gasteiger charge is -2.38. The topological polar surface area (TPSA) is 80.9 Å². The first-order valence-electron chi connectivity index (χ1n) is 11.7. The maximum absolute atomic E-state index is 9.16. The highest BCUT2D eigenvalue weighted by Crippen LogP contribution is 2.36. The fraction of sp³-hybridized carbons (Fsp3) is 0.333. The third-order valence-electron chi connectivity index (χ3n) is 6.79. The number of aromatic nitrogens is 3. The number of methoxy groups -OCH3 is 1. The van der Waals surface area contributed by atoms with Gasteiger partial charge in [0.2, 0.25) is 0 Å². The summed E-state index contributed by atoms with van der Waals surface area (Å²) in [6, 6.07) is 18.6. The Morgan fingerprint density at radius 3 is 2.53 bits per heavy atom. The molecule has 0 spiro atoms. The molecule has 2 aromatic heterocycles. The first-order valence-corrected chi connectivity index (χ1v) is 11.7. The minimum Gasteiger partial charge on any atom is -0.497 e. The quantitative estimate of drug-likeness (QED) is 0.414. The van der Waals surface area contributed by atoms with Gasteiger partial charge in [-0.25, -0.2) is 9.50 Å². The van der Waals surface area contributed by atoms with Crippen molar-refractivity contribution in [3.05, 3.63) is 78.1 Å². The van der Waals surface area contributed by atoms with E-state index in [4.69, 9.17) is 19.6 Å². The monoisotopic (exact) mass is 458 g/mol. The first kappa shape index (κ1) is 22.4. The lowest BCUT2D eigenvalue weighted by atomic mass is 9.74. The number of aliphatic hydroxyl groups excluding tert-OH is 1. The van der Waals surface area contributed by atoms with Gasteiger partial charge in [-0.3, -0.25) is 0 Å². The largest absolute Gasteiger partial charge is 0.497 e. The number of benzene rings is 2. The number of fused-ring (bicyclic) bond motifs is 1. The smallest absolute Gasteiger partial charge is 0.165 e. The second-order valence-electron chi connectivity index (χ2n) is 8.78. The summed E-state index contributed by atoms with van der Waals surface area (Å²) in [5.74, 6) is 1.69. The van der Waals surface area contributed by atoms with Crippen molar-refractivity contribution in [2.24, 2.45) is 0 Å². The van der Waals surface area contributed by atoms with Crippen LogP contribution in [0.1, 0.15) is 24.0 Å². The van der Waals surface area contributed by atoms with Crippen molar-refractivity contribution >= 4 is 11.5 Å². The van der Waals surface area contributed by atoms with Crippen LogP contribution in [0.25, 0.3) is 16.8 Å². The predicted octanol–water partition coefficient (Wildman–Crippen LogP) is 4.10. The average Bonchev–Trinajstić information content (AvgIpc) is 3.32. The number of rotatable bonds is 8. The molecule has 3 heterocycles. The third kappa shape index (κ3) is 4.49. The van der Waals surface area contributed by atoms with Gasteiger partial charge < -0.3 is 19.9 Å². The zero-order valence-corrected chi connectivity index (χ0v) is 19.4. The first-order chi connectivity index (χ1) is 16.7. The zero-order chi connectivity index (χ0) is 23.4. The molecule has 1 fully saturated rings. The molecular formula is C27H30N4O3. The predicted molar refractivity (Wildman–Crippen MR) is 132 cm³/mol. The molecule has 0 amide bonds. The summed E-state index contributed by atoms with van der Waals surface area (Å²) in [7, 11) is 1.69. The minimum atomic E-state index is -0.0239. The Balaban J connectivity index is 1.39. The van der Waals surface area contributed by atoms with E-state index in [9.17, 15) is 0 Å². The van der Waals surface area contributed by atoms with Crippen LogP contribution in [0.5, 0.6) is 5.75 Å². The highest BCUT2D eigenvalue weighted by Gasteiger charge is 2.34. The van der Waals surface area contributed by atoms with Gasteiger partial charge in [0, 0.05) is 43.5 Å². The maximum atomic E-state index is 9.16. The fourth-order valence-corrected chi connectivity index (χ4v) is 4.69. The van der Waals surface area contributed by atoms with Crippen molar-refractivity contribution in [3.63, 3.8) is 0 Å². The van der Waals surface area contributed by atoms with Crippen LogP contribution in [-0.4, -0.2) is 53.2 Å². The molecule has 0 unspecified atom stereocenters. The summed E-state index contributed by atoms with van der Waals surface area (Å²) in [5, 5.41) is 17.2. The zero-order valence-electron chi connectivity index (χ0n) is 19.4. The van der Waals surface area contributed by atoms with E-state index in [1.807, 2.05) is 42.7 Å². The van der Waals surface area contributed by atoms with Gasteiger partial charge in [0.25, 0.3) is 0 Å². The molecule has 2 aromatic carbocycles. The van der Waals surface area contributed by atoms with E-state index >= 15 is 0 Å². The normalized spacial score (nSPS) is 15.4. The molecule has 7 heteroatoms. The molecule has 1 aliphatic rings. The van der Waals surface area contributed by atoms with E-state index in [2.05, 4.69) is 34.7 Å². The van der Waals surface area contributed by atoms with Crippen molar-refractivity contribution in [3.8, 4) is 16.9 Å². The molecule has 4 aromatic rings. The van der Waals surface area contributed by atoms with E-state index in [-0.39, 0.29) is 12.0 Å². The Labute approximate surface area is 199 Å². The van der Waals surface area contributed by atoms with Gasteiger partial charge in [-0.05, 0) is 54.2 Å². The lowest BCUT2D eigenvalue weighted by Crippen LogP contribution is -2.40. The Morgan fingerprint density at radius 1 is 1.06 bits per heavy atom. The van der Waals surface area contributed by atoms with E-state index in [1.54, 1.807) is 11.6 Å². The summed E-state index contributed by atoms with van der Waals surface area (Å²) in [5.41, 5.74) is 5.22. The van der Waals surface area contributed by atoms with E-state index in [0.29, 0.717) is 6.42 Å². The summed E-state index contributed by atoms with van der Waals surface area (Å²) < 4.78 is 12.8. The Bertz CT molecular complexity index is 1230. The molecule has 0 aliphatic carbocycles. The highest BCUT2D eigenvalue weighted by atomic mass is 16.5. The van der Waals surface area contributed by atoms with E-state index in [0.717, 1.165) is 66.5 Å². The third-order valence-corrected chi connectivity index (χ3v) is 6.79. The van der Waals surface area contributed by atoms with Crippen LogP contribution in [0.2, 0.25) is 0 Å². The standard InChI is InChI=1S/C27H30N4O3/c1-33-23-8-6-22(7-9-23)27(12-16-34-17-13-27)19-28-25-10-14-31-26(30-25)24(18-29-31)21-4-2-20(3-5-21)11-15-32/h2-10,14,18,32H,11-13,15-17,19H2,1H3,(H,28,30). The number of anilines is 1. The summed E-state index contributed by atoms with van der Waals surface area (Å²) in [6.07, 6.45) is 6.35. The number of aliphatic hydroxyl groups is 1. The van der Waals surface area contributed by atoms with Crippen molar-refractivity contribution < 1.29 is 14.6 Å². The molecule has 5 rings (SSSR count).